The van der Waals surface area contributed by atoms with Gasteiger partial charge in [0.15, 0.2) is 0 Å². The van der Waals surface area contributed by atoms with Crippen molar-refractivity contribution in [3.8, 4) is 0 Å². The summed E-state index contributed by atoms with van der Waals surface area (Å²) in [7, 11) is -1.59. The van der Waals surface area contributed by atoms with Crippen LogP contribution in [-0.2, 0) is 16.6 Å². The van der Waals surface area contributed by atoms with Crippen LogP contribution in [0, 0.1) is 11.7 Å². The first-order valence-corrected chi connectivity index (χ1v) is 11.0. The fourth-order valence-corrected chi connectivity index (χ4v) is 5.53. The van der Waals surface area contributed by atoms with E-state index in [1.54, 1.807) is 15.7 Å². The van der Waals surface area contributed by atoms with Crippen LogP contribution >= 0.6 is 0 Å². The van der Waals surface area contributed by atoms with E-state index in [1.807, 2.05) is 12.1 Å². The Hall–Kier alpha value is -1.02. The molecule has 1 unspecified atom stereocenters. The molecule has 0 aromatic heterocycles. The first kappa shape index (κ1) is 19.7. The number of rotatable bonds is 7. The van der Waals surface area contributed by atoms with Crippen molar-refractivity contribution in [2.45, 2.75) is 32.1 Å². The van der Waals surface area contributed by atoms with Gasteiger partial charge in [-0.25, -0.2) is 4.39 Å². The molecule has 2 saturated heterocycles. The molecule has 2 aliphatic heterocycles. The molecule has 1 atom stereocenters. The van der Waals surface area contributed by atoms with E-state index in [0.717, 1.165) is 57.3 Å². The predicted molar refractivity (Wildman–Crippen MR) is 102 cm³/mol. The van der Waals surface area contributed by atoms with Crippen molar-refractivity contribution in [3.05, 3.63) is 35.6 Å². The van der Waals surface area contributed by atoms with E-state index in [4.69, 9.17) is 0 Å². The van der Waals surface area contributed by atoms with Crippen LogP contribution in [0.2, 0.25) is 0 Å². The SMILES string of the molecule is CN(CC1CCCN(CCc2ccc(F)cc2)C1)S(=O)(=O)N1CCCC1. The molecular formula is C19H30FN3O2S. The zero-order chi connectivity index (χ0) is 18.6. The molecule has 2 fully saturated rings. The highest BCUT2D eigenvalue weighted by atomic mass is 32.2. The molecule has 2 aliphatic rings. The third-order valence-corrected chi connectivity index (χ3v) is 7.49. The smallest absolute Gasteiger partial charge is 0.281 e. The van der Waals surface area contributed by atoms with Gasteiger partial charge in [-0.05, 0) is 62.3 Å². The minimum atomic E-state index is -3.30. The molecule has 0 amide bonds. The summed E-state index contributed by atoms with van der Waals surface area (Å²) in [5, 5.41) is 0. The number of halogens is 1. The summed E-state index contributed by atoms with van der Waals surface area (Å²) in [6.45, 7) is 4.82. The van der Waals surface area contributed by atoms with Crippen molar-refractivity contribution >= 4 is 10.2 Å². The van der Waals surface area contributed by atoms with Crippen LogP contribution in [0.5, 0.6) is 0 Å². The van der Waals surface area contributed by atoms with Gasteiger partial charge in [-0.2, -0.15) is 17.0 Å². The standard InChI is InChI=1S/C19H30FN3O2S/c1-21(26(24,25)23-12-2-3-13-23)15-18-5-4-11-22(16-18)14-10-17-6-8-19(20)9-7-17/h6-9,18H,2-5,10-16H2,1H3. The summed E-state index contributed by atoms with van der Waals surface area (Å²) >= 11 is 0. The maximum atomic E-state index is 13.0. The molecule has 1 aromatic rings. The quantitative estimate of drug-likeness (QED) is 0.726. The van der Waals surface area contributed by atoms with Gasteiger partial charge in [-0.3, -0.25) is 0 Å². The highest BCUT2D eigenvalue weighted by molar-refractivity contribution is 7.86. The average molecular weight is 384 g/mol. The fourth-order valence-electron chi connectivity index (χ4n) is 4.02. The Morgan fingerprint density at radius 1 is 1.12 bits per heavy atom. The molecule has 0 N–H and O–H groups in total. The van der Waals surface area contributed by atoms with E-state index in [1.165, 1.54) is 12.1 Å². The molecule has 2 heterocycles. The lowest BCUT2D eigenvalue weighted by Gasteiger charge is -2.35. The minimum absolute atomic E-state index is 0.200. The van der Waals surface area contributed by atoms with Crippen molar-refractivity contribution in [2.24, 2.45) is 5.92 Å². The Morgan fingerprint density at radius 2 is 1.81 bits per heavy atom. The summed E-state index contributed by atoms with van der Waals surface area (Å²) < 4.78 is 41.4. The number of hydrogen-bond acceptors (Lipinski definition) is 3. The summed E-state index contributed by atoms with van der Waals surface area (Å²) in [4.78, 5) is 2.41. The van der Waals surface area contributed by atoms with E-state index in [2.05, 4.69) is 4.90 Å². The van der Waals surface area contributed by atoms with E-state index in [-0.39, 0.29) is 5.82 Å². The van der Waals surface area contributed by atoms with Crippen LogP contribution < -0.4 is 0 Å². The van der Waals surface area contributed by atoms with Gasteiger partial charge >= 0.3 is 0 Å². The molecule has 0 saturated carbocycles. The highest BCUT2D eigenvalue weighted by Crippen LogP contribution is 2.21. The normalized spacial score (nSPS) is 23.0. The lowest BCUT2D eigenvalue weighted by atomic mass is 9.97. The van der Waals surface area contributed by atoms with E-state index in [9.17, 15) is 12.8 Å². The molecule has 0 aliphatic carbocycles. The number of benzene rings is 1. The van der Waals surface area contributed by atoms with Gasteiger partial charge in [0.1, 0.15) is 5.82 Å². The molecule has 3 rings (SSSR count). The number of likely N-dealkylation sites (tertiary alicyclic amines) is 1. The predicted octanol–water partition coefficient (Wildman–Crippen LogP) is 2.35. The number of piperidine rings is 1. The van der Waals surface area contributed by atoms with Gasteiger partial charge in [-0.15, -0.1) is 0 Å². The maximum Gasteiger partial charge on any atom is 0.281 e. The van der Waals surface area contributed by atoms with E-state index in [0.29, 0.717) is 25.6 Å². The van der Waals surface area contributed by atoms with Gasteiger partial charge in [0.25, 0.3) is 10.2 Å². The molecule has 0 radical (unpaired) electrons. The second kappa shape index (κ2) is 8.78. The summed E-state index contributed by atoms with van der Waals surface area (Å²) in [5.74, 6) is 0.174. The van der Waals surface area contributed by atoms with Crippen molar-refractivity contribution < 1.29 is 12.8 Å². The third kappa shape index (κ3) is 5.03. The Labute approximate surface area is 157 Å². The molecule has 146 valence electrons. The molecule has 7 heteroatoms. The maximum absolute atomic E-state index is 13.0. The Balaban J connectivity index is 1.49. The lowest BCUT2D eigenvalue weighted by Crippen LogP contribution is -2.46. The molecular weight excluding hydrogens is 353 g/mol. The molecule has 1 aromatic carbocycles. The van der Waals surface area contributed by atoms with Crippen LogP contribution in [-0.4, -0.2) is 68.2 Å². The van der Waals surface area contributed by atoms with Gasteiger partial charge in [0, 0.05) is 39.8 Å². The highest BCUT2D eigenvalue weighted by Gasteiger charge is 2.31. The van der Waals surface area contributed by atoms with E-state index >= 15 is 0 Å². The van der Waals surface area contributed by atoms with Crippen LogP contribution in [0.15, 0.2) is 24.3 Å². The first-order valence-electron chi connectivity index (χ1n) is 9.63. The van der Waals surface area contributed by atoms with Crippen molar-refractivity contribution in [1.29, 1.82) is 0 Å². The monoisotopic (exact) mass is 383 g/mol. The number of hydrogen-bond donors (Lipinski definition) is 0. The van der Waals surface area contributed by atoms with Crippen LogP contribution in [0.25, 0.3) is 0 Å². The van der Waals surface area contributed by atoms with Gasteiger partial charge in [0.05, 0.1) is 0 Å². The Bertz CT molecular complexity index is 675. The second-order valence-corrected chi connectivity index (χ2v) is 9.62. The Morgan fingerprint density at radius 3 is 2.50 bits per heavy atom. The largest absolute Gasteiger partial charge is 0.303 e. The first-order chi connectivity index (χ1) is 12.4. The van der Waals surface area contributed by atoms with Crippen molar-refractivity contribution in [1.82, 2.24) is 13.5 Å². The molecule has 26 heavy (non-hydrogen) atoms. The zero-order valence-electron chi connectivity index (χ0n) is 15.6. The Kier molecular flexibility index (Phi) is 6.66. The summed E-state index contributed by atoms with van der Waals surface area (Å²) in [5.41, 5.74) is 1.14. The molecule has 0 spiro atoms. The van der Waals surface area contributed by atoms with Crippen LogP contribution in [0.3, 0.4) is 0 Å². The summed E-state index contributed by atoms with van der Waals surface area (Å²) in [6.07, 6.45) is 5.01. The van der Waals surface area contributed by atoms with Crippen molar-refractivity contribution in [2.75, 3.05) is 46.3 Å². The fraction of sp³-hybridized carbons (Fsp3) is 0.684. The van der Waals surface area contributed by atoms with Crippen LogP contribution in [0.4, 0.5) is 4.39 Å². The topological polar surface area (TPSA) is 43.9 Å². The zero-order valence-corrected chi connectivity index (χ0v) is 16.4. The van der Waals surface area contributed by atoms with Crippen LogP contribution in [0.1, 0.15) is 31.2 Å². The average Bonchev–Trinajstić information content (AvgIpc) is 3.17. The third-order valence-electron chi connectivity index (χ3n) is 5.53. The van der Waals surface area contributed by atoms with Crippen molar-refractivity contribution in [3.63, 3.8) is 0 Å². The van der Waals surface area contributed by atoms with E-state index < -0.39 is 10.2 Å². The van der Waals surface area contributed by atoms with Gasteiger partial charge in [-0.1, -0.05) is 12.1 Å². The minimum Gasteiger partial charge on any atom is -0.303 e. The number of nitrogens with zero attached hydrogens (tertiary/aromatic N) is 3. The lowest BCUT2D eigenvalue weighted by molar-refractivity contribution is 0.162. The van der Waals surface area contributed by atoms with Gasteiger partial charge in [0.2, 0.25) is 0 Å². The second-order valence-electron chi connectivity index (χ2n) is 7.58. The summed E-state index contributed by atoms with van der Waals surface area (Å²) in [6, 6.07) is 6.69. The molecule has 5 nitrogen and oxygen atoms in total. The van der Waals surface area contributed by atoms with Gasteiger partial charge < -0.3 is 4.90 Å². The molecule has 0 bridgehead atoms.